The van der Waals surface area contributed by atoms with Gasteiger partial charge in [0.25, 0.3) is 0 Å². The summed E-state index contributed by atoms with van der Waals surface area (Å²) < 4.78 is 7.26. The van der Waals surface area contributed by atoms with E-state index >= 15 is 0 Å². The van der Waals surface area contributed by atoms with E-state index in [1.807, 2.05) is 30.3 Å². The fraction of sp³-hybridized carbons (Fsp3) is 0.188. The van der Waals surface area contributed by atoms with Crippen LogP contribution in [0.1, 0.15) is 20.7 Å². The van der Waals surface area contributed by atoms with E-state index in [9.17, 15) is 4.79 Å². The maximum absolute atomic E-state index is 12.6. The van der Waals surface area contributed by atoms with Crippen LogP contribution in [0.3, 0.4) is 0 Å². The van der Waals surface area contributed by atoms with Gasteiger partial charge in [0.15, 0.2) is 5.78 Å². The van der Waals surface area contributed by atoms with E-state index in [-0.39, 0.29) is 10.6 Å². The van der Waals surface area contributed by atoms with E-state index < -0.39 is 4.83 Å². The third-order valence-corrected chi connectivity index (χ3v) is 6.82. The molecule has 116 valence electrons. The number of halogens is 4. The van der Waals surface area contributed by atoms with Crippen molar-refractivity contribution in [3.05, 3.63) is 62.5 Å². The molecular weight excluding hydrogens is 544 g/mol. The quantitative estimate of drug-likeness (QED) is 0.320. The first-order chi connectivity index (χ1) is 10.4. The highest BCUT2D eigenvalue weighted by Gasteiger charge is 2.28. The van der Waals surface area contributed by atoms with Crippen LogP contribution in [0, 0.1) is 0 Å². The molecule has 2 unspecified atom stereocenters. The molecule has 0 bridgehead atoms. The highest BCUT2D eigenvalue weighted by molar-refractivity contribution is 9.12. The molecule has 6 heteroatoms. The zero-order valence-electron chi connectivity index (χ0n) is 11.5. The van der Waals surface area contributed by atoms with Crippen molar-refractivity contribution in [3.8, 4) is 5.75 Å². The molecule has 0 saturated heterocycles. The Hall–Kier alpha value is -0.170. The second-order valence-corrected chi connectivity index (χ2v) is 8.37. The molecule has 0 spiro atoms. The van der Waals surface area contributed by atoms with Crippen LogP contribution in [0.15, 0.2) is 51.4 Å². The smallest absolute Gasteiger partial charge is 0.177 e. The highest BCUT2D eigenvalue weighted by Crippen LogP contribution is 2.39. The lowest BCUT2D eigenvalue weighted by Gasteiger charge is -2.19. The monoisotopic (exact) mass is 552 g/mol. The molecule has 22 heavy (non-hydrogen) atoms. The molecule has 0 radical (unpaired) electrons. The Bertz CT molecular complexity index is 670. The normalized spacial score (nSPS) is 13.5. The average molecular weight is 556 g/mol. The zero-order valence-corrected chi connectivity index (χ0v) is 17.9. The Morgan fingerprint density at radius 2 is 1.59 bits per heavy atom. The van der Waals surface area contributed by atoms with Crippen LogP contribution >= 0.6 is 63.7 Å². The number of ether oxygens (including phenoxy) is 1. The van der Waals surface area contributed by atoms with Gasteiger partial charge in [-0.15, -0.1) is 0 Å². The molecule has 2 nitrogen and oxygen atoms in total. The van der Waals surface area contributed by atoms with Crippen LogP contribution in [0.4, 0.5) is 0 Å². The molecule has 0 aliphatic rings. The zero-order chi connectivity index (χ0) is 16.3. The van der Waals surface area contributed by atoms with E-state index in [4.69, 9.17) is 4.74 Å². The van der Waals surface area contributed by atoms with Crippen molar-refractivity contribution in [2.24, 2.45) is 0 Å². The van der Waals surface area contributed by atoms with Crippen molar-refractivity contribution < 1.29 is 9.53 Å². The molecule has 0 saturated carbocycles. The number of Topliss-reactive ketones (excluding diaryl/α,β-unsaturated/α-hetero) is 1. The Kier molecular flexibility index (Phi) is 6.68. The second-order valence-electron chi connectivity index (χ2n) is 4.56. The minimum atomic E-state index is -0.406. The van der Waals surface area contributed by atoms with Gasteiger partial charge in [-0.25, -0.2) is 0 Å². The van der Waals surface area contributed by atoms with Crippen LogP contribution in [-0.4, -0.2) is 17.7 Å². The second kappa shape index (κ2) is 8.08. The summed E-state index contributed by atoms with van der Waals surface area (Å²) in [6.07, 6.45) is 0. The van der Waals surface area contributed by atoms with Crippen molar-refractivity contribution in [1.29, 1.82) is 0 Å². The predicted molar refractivity (Wildman–Crippen MR) is 104 cm³/mol. The molecule has 0 N–H and O–H groups in total. The van der Waals surface area contributed by atoms with Crippen LogP contribution in [0.25, 0.3) is 0 Å². The number of hydrogen-bond acceptors (Lipinski definition) is 2. The topological polar surface area (TPSA) is 26.3 Å². The van der Waals surface area contributed by atoms with Gasteiger partial charge in [0.2, 0.25) is 0 Å². The first-order valence-electron chi connectivity index (χ1n) is 6.35. The van der Waals surface area contributed by atoms with Gasteiger partial charge in [-0.05, 0) is 30.3 Å². The van der Waals surface area contributed by atoms with Gasteiger partial charge in [0.1, 0.15) is 5.75 Å². The van der Waals surface area contributed by atoms with E-state index in [0.717, 1.165) is 20.3 Å². The molecule has 0 amide bonds. The number of carbonyl (C=O) groups is 1. The van der Waals surface area contributed by atoms with Gasteiger partial charge < -0.3 is 4.74 Å². The molecule has 0 fully saturated rings. The maximum atomic E-state index is 12.6. The first-order valence-corrected chi connectivity index (χ1v) is 9.77. The first kappa shape index (κ1) is 18.2. The molecule has 2 rings (SSSR count). The van der Waals surface area contributed by atoms with Crippen molar-refractivity contribution in [3.63, 3.8) is 0 Å². The number of benzene rings is 2. The lowest BCUT2D eigenvalue weighted by Crippen LogP contribution is -2.19. The van der Waals surface area contributed by atoms with Crippen molar-refractivity contribution in [2.75, 3.05) is 7.11 Å². The van der Waals surface area contributed by atoms with Crippen LogP contribution in [-0.2, 0) is 0 Å². The summed E-state index contributed by atoms with van der Waals surface area (Å²) in [4.78, 5) is 12.0. The maximum Gasteiger partial charge on any atom is 0.177 e. The van der Waals surface area contributed by atoms with Gasteiger partial charge >= 0.3 is 0 Å². The lowest BCUT2D eigenvalue weighted by molar-refractivity contribution is 0.0991. The van der Waals surface area contributed by atoms with E-state index in [0.29, 0.717) is 5.56 Å². The largest absolute Gasteiger partial charge is 0.496 e. The van der Waals surface area contributed by atoms with Gasteiger partial charge in [0.05, 0.1) is 16.8 Å². The Morgan fingerprint density at radius 3 is 2.18 bits per heavy atom. The van der Waals surface area contributed by atoms with Crippen LogP contribution < -0.4 is 4.74 Å². The number of ketones is 1. The van der Waals surface area contributed by atoms with Crippen LogP contribution in [0.2, 0.25) is 0 Å². The minimum Gasteiger partial charge on any atom is -0.496 e. The summed E-state index contributed by atoms with van der Waals surface area (Å²) in [6, 6.07) is 13.0. The van der Waals surface area contributed by atoms with E-state index in [1.54, 1.807) is 19.2 Å². The fourth-order valence-electron chi connectivity index (χ4n) is 1.98. The van der Waals surface area contributed by atoms with Gasteiger partial charge in [-0.2, -0.15) is 0 Å². The Balaban J connectivity index is 2.28. The summed E-state index contributed by atoms with van der Waals surface area (Å²) in [5, 5.41) is 0. The molecule has 0 aliphatic carbocycles. The number of alkyl halides is 2. The van der Waals surface area contributed by atoms with Crippen molar-refractivity contribution in [1.82, 2.24) is 0 Å². The summed E-state index contributed by atoms with van der Waals surface area (Å²) in [6.45, 7) is 0. The lowest BCUT2D eigenvalue weighted by atomic mass is 10.0. The fourth-order valence-corrected chi connectivity index (χ4v) is 3.77. The number of rotatable bonds is 5. The molecular formula is C16H12Br4O2. The minimum absolute atomic E-state index is 0.0106. The average Bonchev–Trinajstić information content (AvgIpc) is 2.53. The number of hydrogen-bond donors (Lipinski definition) is 0. The van der Waals surface area contributed by atoms with E-state index in [2.05, 4.69) is 63.7 Å². The van der Waals surface area contributed by atoms with Gasteiger partial charge in [-0.1, -0.05) is 75.9 Å². The standard InChI is InChI=1S/C16H12Br4O2/c1-22-13-7-6-11(18)8-12(13)14(19)15(20)16(21)9-2-4-10(17)5-3-9/h2-8,14-15H,1H3. The number of methoxy groups -OCH3 is 1. The molecule has 0 aromatic heterocycles. The van der Waals surface area contributed by atoms with Gasteiger partial charge in [-0.3, -0.25) is 4.79 Å². The van der Waals surface area contributed by atoms with Gasteiger partial charge in [0, 0.05) is 20.1 Å². The Labute approximate surface area is 163 Å². The summed E-state index contributed by atoms with van der Waals surface area (Å²) >= 11 is 13.9. The summed E-state index contributed by atoms with van der Waals surface area (Å²) in [7, 11) is 1.62. The molecule has 2 atom stereocenters. The van der Waals surface area contributed by atoms with Crippen molar-refractivity contribution >= 4 is 69.5 Å². The SMILES string of the molecule is COc1ccc(Br)cc1C(Br)C(Br)C(=O)c1ccc(Br)cc1. The van der Waals surface area contributed by atoms with Crippen molar-refractivity contribution in [2.45, 2.75) is 9.65 Å². The molecule has 2 aromatic rings. The number of carbonyl (C=O) groups excluding carboxylic acids is 1. The summed E-state index contributed by atoms with van der Waals surface area (Å²) in [5.41, 5.74) is 1.56. The highest BCUT2D eigenvalue weighted by atomic mass is 79.9. The molecule has 2 aromatic carbocycles. The van der Waals surface area contributed by atoms with Crippen LogP contribution in [0.5, 0.6) is 5.75 Å². The molecule has 0 aliphatic heterocycles. The Morgan fingerprint density at radius 1 is 1.00 bits per heavy atom. The third-order valence-electron chi connectivity index (χ3n) is 3.13. The predicted octanol–water partition coefficient (Wildman–Crippen LogP) is 6.30. The summed E-state index contributed by atoms with van der Waals surface area (Å²) in [5.74, 6) is 0.745. The van der Waals surface area contributed by atoms with E-state index in [1.165, 1.54) is 0 Å². The molecule has 0 heterocycles. The third kappa shape index (κ3) is 4.22.